The molecule has 0 fully saturated rings. The maximum Gasteiger partial charge on any atom is 0.439 e. The van der Waals surface area contributed by atoms with Gasteiger partial charge in [0.1, 0.15) is 5.00 Å². The minimum Gasteiger partial charge on any atom is -0.465 e. The largest absolute Gasteiger partial charge is 0.465 e. The Labute approximate surface area is 166 Å². The third-order valence-electron chi connectivity index (χ3n) is 4.55. The van der Waals surface area contributed by atoms with Crippen LogP contribution in [0.5, 0.6) is 0 Å². The first kappa shape index (κ1) is 23.3. The van der Waals surface area contributed by atoms with Crippen molar-refractivity contribution in [3.63, 3.8) is 0 Å². The molecule has 0 aliphatic heterocycles. The molecule has 164 valence electrons. The maximum atomic E-state index is 13.8. The van der Waals surface area contributed by atoms with E-state index in [1.807, 2.05) is 0 Å². The van der Waals surface area contributed by atoms with Gasteiger partial charge in [-0.3, -0.25) is 4.79 Å². The zero-order chi connectivity index (χ0) is 22.2. The molecule has 0 unspecified atom stereocenters. The van der Waals surface area contributed by atoms with Gasteiger partial charge in [0, 0.05) is 10.8 Å². The standard InChI is InChI=1S/C17H20F6N2O3S/c1-8(2)12(26)24-15(16(18,19)20,17(21,22)23)25-13-11(14(27)28-3)9-6-4-5-7-10(9)29-13/h8,25H,4-7H2,1-3H3,(H,24,26). The average Bonchev–Trinajstić information content (AvgIpc) is 2.96. The van der Waals surface area contributed by atoms with Crippen LogP contribution in [0.2, 0.25) is 0 Å². The van der Waals surface area contributed by atoms with Gasteiger partial charge in [-0.05, 0) is 31.2 Å². The number of alkyl halides is 6. The second kappa shape index (κ2) is 8.04. The lowest BCUT2D eigenvalue weighted by Gasteiger charge is -2.39. The van der Waals surface area contributed by atoms with Crippen LogP contribution >= 0.6 is 11.3 Å². The Morgan fingerprint density at radius 1 is 1.03 bits per heavy atom. The van der Waals surface area contributed by atoms with Crippen LogP contribution in [0.1, 0.15) is 47.5 Å². The molecule has 0 bridgehead atoms. The van der Waals surface area contributed by atoms with Gasteiger partial charge in [0.2, 0.25) is 5.91 Å². The van der Waals surface area contributed by atoms with Crippen LogP contribution in [-0.2, 0) is 22.4 Å². The second-order valence-corrected chi connectivity index (χ2v) is 8.03. The molecule has 12 heteroatoms. The number of carbonyl (C=O) groups is 2. The van der Waals surface area contributed by atoms with E-state index in [9.17, 15) is 35.9 Å². The highest BCUT2D eigenvalue weighted by Crippen LogP contribution is 2.47. The molecule has 1 aliphatic rings. The molecular weight excluding hydrogens is 426 g/mol. The lowest BCUT2D eigenvalue weighted by Crippen LogP contribution is -2.72. The first-order chi connectivity index (χ1) is 13.2. The predicted octanol–water partition coefficient (Wildman–Crippen LogP) is 4.42. The third kappa shape index (κ3) is 4.31. The topological polar surface area (TPSA) is 67.4 Å². The number of esters is 1. The zero-order valence-electron chi connectivity index (χ0n) is 15.8. The molecule has 0 saturated heterocycles. The van der Waals surface area contributed by atoms with E-state index in [2.05, 4.69) is 4.74 Å². The van der Waals surface area contributed by atoms with Crippen molar-refractivity contribution in [2.75, 3.05) is 12.4 Å². The van der Waals surface area contributed by atoms with Crippen LogP contribution in [0.3, 0.4) is 0 Å². The van der Waals surface area contributed by atoms with E-state index >= 15 is 0 Å². The molecule has 1 heterocycles. The predicted molar refractivity (Wildman–Crippen MR) is 93.7 cm³/mol. The number of anilines is 1. The fourth-order valence-electron chi connectivity index (χ4n) is 2.95. The van der Waals surface area contributed by atoms with Gasteiger partial charge in [0.25, 0.3) is 0 Å². The Morgan fingerprint density at radius 2 is 1.59 bits per heavy atom. The van der Waals surface area contributed by atoms with Crippen LogP contribution in [-0.4, -0.2) is 37.0 Å². The van der Waals surface area contributed by atoms with E-state index in [-0.39, 0.29) is 5.56 Å². The fourth-order valence-corrected chi connectivity index (χ4v) is 4.28. The van der Waals surface area contributed by atoms with Gasteiger partial charge in [-0.15, -0.1) is 11.3 Å². The second-order valence-electron chi connectivity index (χ2n) is 6.92. The number of rotatable bonds is 5. The molecule has 1 aromatic heterocycles. The van der Waals surface area contributed by atoms with Gasteiger partial charge >= 0.3 is 24.0 Å². The summed E-state index contributed by atoms with van der Waals surface area (Å²) in [6.45, 7) is 2.33. The normalized spacial score (nSPS) is 15.1. The van der Waals surface area contributed by atoms with Crippen LogP contribution < -0.4 is 10.6 Å². The Morgan fingerprint density at radius 3 is 2.07 bits per heavy atom. The zero-order valence-corrected chi connectivity index (χ0v) is 16.6. The lowest BCUT2D eigenvalue weighted by molar-refractivity contribution is -0.296. The molecule has 5 nitrogen and oxygen atoms in total. The van der Waals surface area contributed by atoms with Gasteiger partial charge < -0.3 is 15.4 Å². The Hall–Kier alpha value is -1.98. The number of aryl methyl sites for hydroxylation is 1. The molecule has 0 saturated carbocycles. The minimum atomic E-state index is -5.95. The fraction of sp³-hybridized carbons (Fsp3) is 0.647. The molecule has 0 atom stereocenters. The third-order valence-corrected chi connectivity index (χ3v) is 5.75. The molecule has 2 N–H and O–H groups in total. The number of carbonyl (C=O) groups excluding carboxylic acids is 2. The van der Waals surface area contributed by atoms with E-state index in [4.69, 9.17) is 0 Å². The summed E-state index contributed by atoms with van der Waals surface area (Å²) in [6.07, 6.45) is -9.81. The quantitative estimate of drug-likeness (QED) is 0.399. The highest BCUT2D eigenvalue weighted by Gasteiger charge is 2.73. The van der Waals surface area contributed by atoms with E-state index in [0.29, 0.717) is 47.5 Å². The van der Waals surface area contributed by atoms with Crippen molar-refractivity contribution in [3.8, 4) is 0 Å². The van der Waals surface area contributed by atoms with Crippen molar-refractivity contribution in [2.45, 2.75) is 57.5 Å². The molecule has 0 aromatic carbocycles. The monoisotopic (exact) mass is 446 g/mol. The number of thiophene rings is 1. The molecule has 0 radical (unpaired) electrons. The Bertz CT molecular complexity index is 771. The molecule has 2 rings (SSSR count). The van der Waals surface area contributed by atoms with Gasteiger partial charge in [0.05, 0.1) is 12.7 Å². The first-order valence-corrected chi connectivity index (χ1v) is 9.53. The smallest absolute Gasteiger partial charge is 0.439 e. The average molecular weight is 446 g/mol. The molecular formula is C17H20F6N2O3S. The summed E-state index contributed by atoms with van der Waals surface area (Å²) in [7, 11) is 0.986. The van der Waals surface area contributed by atoms with Crippen LogP contribution in [0.25, 0.3) is 0 Å². The maximum absolute atomic E-state index is 13.8. The number of hydrogen-bond acceptors (Lipinski definition) is 5. The van der Waals surface area contributed by atoms with E-state index < -0.39 is 40.8 Å². The summed E-state index contributed by atoms with van der Waals surface area (Å²) >= 11 is 0.637. The molecule has 1 aromatic rings. The summed E-state index contributed by atoms with van der Waals surface area (Å²) in [6, 6.07) is 0. The number of amides is 1. The Kier molecular flexibility index (Phi) is 6.46. The van der Waals surface area contributed by atoms with Gasteiger partial charge in [0.15, 0.2) is 0 Å². The number of hydrogen-bond donors (Lipinski definition) is 2. The molecule has 29 heavy (non-hydrogen) atoms. The van der Waals surface area contributed by atoms with Crippen LogP contribution in [0.4, 0.5) is 31.3 Å². The molecule has 1 aliphatic carbocycles. The van der Waals surface area contributed by atoms with Crippen molar-refractivity contribution in [2.24, 2.45) is 5.92 Å². The summed E-state index contributed by atoms with van der Waals surface area (Å²) in [5, 5.41) is 1.88. The number of fused-ring (bicyclic) bond motifs is 1. The van der Waals surface area contributed by atoms with Crippen molar-refractivity contribution in [3.05, 3.63) is 16.0 Å². The highest BCUT2D eigenvalue weighted by atomic mass is 32.1. The summed E-state index contributed by atoms with van der Waals surface area (Å²) < 4.78 is 87.2. The summed E-state index contributed by atoms with van der Waals surface area (Å²) in [5.41, 5.74) is -4.75. The SMILES string of the molecule is COC(=O)c1c(NC(NC(=O)C(C)C)(C(F)(F)F)C(F)(F)F)sc2c1CCCC2. The van der Waals surface area contributed by atoms with Gasteiger partial charge in [-0.25, -0.2) is 4.79 Å². The number of ether oxygens (including phenoxy) is 1. The van der Waals surface area contributed by atoms with Crippen molar-refractivity contribution in [1.82, 2.24) is 5.32 Å². The summed E-state index contributed by atoms with van der Waals surface area (Å²) in [4.78, 5) is 24.6. The van der Waals surface area contributed by atoms with Gasteiger partial charge in [-0.1, -0.05) is 13.8 Å². The van der Waals surface area contributed by atoms with Crippen molar-refractivity contribution >= 4 is 28.2 Å². The molecule has 0 spiro atoms. The van der Waals surface area contributed by atoms with Crippen LogP contribution in [0.15, 0.2) is 0 Å². The number of methoxy groups -OCH3 is 1. The first-order valence-electron chi connectivity index (χ1n) is 8.71. The number of halogens is 6. The lowest BCUT2D eigenvalue weighted by atomic mass is 9.95. The van der Waals surface area contributed by atoms with Crippen molar-refractivity contribution in [1.29, 1.82) is 0 Å². The van der Waals surface area contributed by atoms with Crippen molar-refractivity contribution < 1.29 is 40.7 Å². The number of nitrogens with one attached hydrogen (secondary N) is 2. The Balaban J connectivity index is 2.67. The highest BCUT2D eigenvalue weighted by molar-refractivity contribution is 7.16. The van der Waals surface area contributed by atoms with E-state index in [1.54, 1.807) is 0 Å². The van der Waals surface area contributed by atoms with E-state index in [0.717, 1.165) is 26.3 Å². The minimum absolute atomic E-state index is 0.335. The molecule has 1 amide bonds. The van der Waals surface area contributed by atoms with Gasteiger partial charge in [-0.2, -0.15) is 26.3 Å². The van der Waals surface area contributed by atoms with E-state index in [1.165, 1.54) is 5.32 Å². The van der Waals surface area contributed by atoms with Crippen LogP contribution in [0, 0.1) is 5.92 Å². The summed E-state index contributed by atoms with van der Waals surface area (Å²) in [5.74, 6) is -3.63.